The van der Waals surface area contributed by atoms with Gasteiger partial charge >= 0.3 is 0 Å². The zero-order valence-corrected chi connectivity index (χ0v) is 7.88. The average molecular weight is 181 g/mol. The summed E-state index contributed by atoms with van der Waals surface area (Å²) in [6.07, 6.45) is 9.91. The van der Waals surface area contributed by atoms with Crippen molar-refractivity contribution in [1.29, 1.82) is 0 Å². The van der Waals surface area contributed by atoms with Crippen molar-refractivity contribution >= 4 is 10.9 Å². The maximum Gasteiger partial charge on any atom is 0.0582 e. The lowest BCUT2D eigenvalue weighted by Gasteiger charge is -2.04. The van der Waals surface area contributed by atoms with Gasteiger partial charge in [-0.2, -0.15) is 0 Å². The fourth-order valence-corrected chi connectivity index (χ4v) is 2.08. The Morgan fingerprint density at radius 1 is 1.29 bits per heavy atom. The number of hydrogen-bond acceptors (Lipinski definition) is 0. The molecule has 1 aliphatic rings. The van der Waals surface area contributed by atoms with Gasteiger partial charge in [-0.1, -0.05) is 24.1 Å². The molecule has 1 aliphatic carbocycles. The first-order valence-electron chi connectivity index (χ1n) is 4.90. The molecule has 1 fully saturated rings. The Balaban J connectivity index is 2.29. The Bertz CT molecular complexity index is 523. The highest BCUT2D eigenvalue weighted by Crippen LogP contribution is 2.49. The van der Waals surface area contributed by atoms with Crippen molar-refractivity contribution in [3.8, 4) is 12.3 Å². The summed E-state index contributed by atoms with van der Waals surface area (Å²) in [7, 11) is 0. The minimum atomic E-state index is 0.0413. The second-order valence-corrected chi connectivity index (χ2v) is 3.97. The molecule has 0 atom stereocenters. The third-order valence-electron chi connectivity index (χ3n) is 3.13. The van der Waals surface area contributed by atoms with Crippen LogP contribution in [-0.4, -0.2) is 4.98 Å². The van der Waals surface area contributed by atoms with E-state index >= 15 is 0 Å². The Labute approximate surface area is 83.1 Å². The van der Waals surface area contributed by atoms with Crippen LogP contribution < -0.4 is 0 Å². The Morgan fingerprint density at radius 2 is 2.07 bits per heavy atom. The number of para-hydroxylation sites is 1. The van der Waals surface area contributed by atoms with E-state index in [1.807, 2.05) is 6.07 Å². The van der Waals surface area contributed by atoms with Crippen molar-refractivity contribution in [1.82, 2.24) is 4.98 Å². The SMILES string of the molecule is C#CC1(c2c[nH]c3ccccc23)CC1. The van der Waals surface area contributed by atoms with Crippen molar-refractivity contribution < 1.29 is 0 Å². The molecule has 1 N–H and O–H groups in total. The first-order valence-corrected chi connectivity index (χ1v) is 4.90. The quantitative estimate of drug-likeness (QED) is 0.651. The number of fused-ring (bicyclic) bond motifs is 1. The van der Waals surface area contributed by atoms with Crippen molar-refractivity contribution in [2.24, 2.45) is 0 Å². The zero-order chi connectivity index (χ0) is 9.60. The highest BCUT2D eigenvalue weighted by atomic mass is 14.7. The lowest BCUT2D eigenvalue weighted by atomic mass is 9.97. The highest BCUT2D eigenvalue weighted by molar-refractivity contribution is 5.85. The number of aromatic amines is 1. The minimum Gasteiger partial charge on any atom is -0.361 e. The van der Waals surface area contributed by atoms with Crippen LogP contribution in [-0.2, 0) is 5.41 Å². The molecule has 1 aromatic heterocycles. The summed E-state index contributed by atoms with van der Waals surface area (Å²) in [4.78, 5) is 3.27. The molecule has 0 bridgehead atoms. The van der Waals surface area contributed by atoms with Gasteiger partial charge in [0.25, 0.3) is 0 Å². The molecule has 1 aromatic carbocycles. The second-order valence-electron chi connectivity index (χ2n) is 3.97. The molecule has 0 saturated heterocycles. The van der Waals surface area contributed by atoms with Gasteiger partial charge < -0.3 is 4.98 Å². The van der Waals surface area contributed by atoms with Crippen LogP contribution in [0.5, 0.6) is 0 Å². The number of rotatable bonds is 1. The molecule has 0 unspecified atom stereocenters. The predicted molar refractivity (Wildman–Crippen MR) is 58.0 cm³/mol. The number of aromatic nitrogens is 1. The summed E-state index contributed by atoms with van der Waals surface area (Å²) in [5.74, 6) is 2.93. The molecule has 1 heterocycles. The summed E-state index contributed by atoms with van der Waals surface area (Å²) in [6, 6.07) is 8.33. The van der Waals surface area contributed by atoms with E-state index in [0.29, 0.717) is 0 Å². The maximum absolute atomic E-state index is 5.59. The van der Waals surface area contributed by atoms with E-state index in [-0.39, 0.29) is 5.41 Å². The van der Waals surface area contributed by atoms with Crippen LogP contribution in [0.1, 0.15) is 18.4 Å². The molecule has 3 rings (SSSR count). The third kappa shape index (κ3) is 0.858. The Hall–Kier alpha value is -1.68. The summed E-state index contributed by atoms with van der Waals surface area (Å²) >= 11 is 0. The molecule has 1 heteroatoms. The van der Waals surface area contributed by atoms with E-state index < -0.39 is 0 Å². The van der Waals surface area contributed by atoms with E-state index in [9.17, 15) is 0 Å². The van der Waals surface area contributed by atoms with Crippen LogP contribution in [0.25, 0.3) is 10.9 Å². The van der Waals surface area contributed by atoms with E-state index in [1.54, 1.807) is 0 Å². The number of terminal acetylenes is 1. The molecule has 0 spiro atoms. The topological polar surface area (TPSA) is 15.8 Å². The molecular weight excluding hydrogens is 170 g/mol. The normalized spacial score (nSPS) is 17.9. The van der Waals surface area contributed by atoms with Gasteiger partial charge in [-0.3, -0.25) is 0 Å². The molecule has 14 heavy (non-hydrogen) atoms. The van der Waals surface area contributed by atoms with Gasteiger partial charge in [0.2, 0.25) is 0 Å². The van der Waals surface area contributed by atoms with Gasteiger partial charge in [-0.15, -0.1) is 6.42 Å². The van der Waals surface area contributed by atoms with Gasteiger partial charge in [-0.05, 0) is 24.5 Å². The smallest absolute Gasteiger partial charge is 0.0582 e. The van der Waals surface area contributed by atoms with E-state index in [2.05, 4.69) is 35.3 Å². The van der Waals surface area contributed by atoms with Crippen LogP contribution in [0.4, 0.5) is 0 Å². The van der Waals surface area contributed by atoms with Crippen LogP contribution in [0.3, 0.4) is 0 Å². The van der Waals surface area contributed by atoms with Crippen LogP contribution >= 0.6 is 0 Å². The van der Waals surface area contributed by atoms with Crippen LogP contribution in [0.15, 0.2) is 30.5 Å². The zero-order valence-electron chi connectivity index (χ0n) is 7.88. The number of H-pyrrole nitrogens is 1. The van der Waals surface area contributed by atoms with Crippen molar-refractivity contribution in [3.63, 3.8) is 0 Å². The molecule has 68 valence electrons. The van der Waals surface area contributed by atoms with Crippen LogP contribution in [0, 0.1) is 12.3 Å². The predicted octanol–water partition coefficient (Wildman–Crippen LogP) is 2.83. The van der Waals surface area contributed by atoms with E-state index in [1.165, 1.54) is 16.5 Å². The number of nitrogens with one attached hydrogen (secondary N) is 1. The van der Waals surface area contributed by atoms with Gasteiger partial charge in [0.15, 0.2) is 0 Å². The molecule has 2 aromatic rings. The van der Waals surface area contributed by atoms with E-state index in [0.717, 1.165) is 12.8 Å². The molecule has 0 amide bonds. The van der Waals surface area contributed by atoms with Gasteiger partial charge in [0.05, 0.1) is 5.41 Å². The molecular formula is C13H11N. The van der Waals surface area contributed by atoms with Crippen molar-refractivity contribution in [3.05, 3.63) is 36.0 Å². The van der Waals surface area contributed by atoms with E-state index in [4.69, 9.17) is 6.42 Å². The first-order chi connectivity index (χ1) is 6.86. The third-order valence-corrected chi connectivity index (χ3v) is 3.13. The fraction of sp³-hybridized carbons (Fsp3) is 0.231. The minimum absolute atomic E-state index is 0.0413. The monoisotopic (exact) mass is 181 g/mol. The summed E-state index contributed by atoms with van der Waals surface area (Å²) in [6.45, 7) is 0. The molecule has 1 saturated carbocycles. The summed E-state index contributed by atoms with van der Waals surface area (Å²) in [5, 5.41) is 1.28. The Morgan fingerprint density at radius 3 is 2.79 bits per heavy atom. The molecule has 0 aliphatic heterocycles. The lowest BCUT2D eigenvalue weighted by molar-refractivity contribution is 0.942. The first kappa shape index (κ1) is 7.70. The average Bonchev–Trinajstić information content (AvgIpc) is 2.91. The van der Waals surface area contributed by atoms with Gasteiger partial charge in [0, 0.05) is 17.1 Å². The Kier molecular flexibility index (Phi) is 1.33. The van der Waals surface area contributed by atoms with Gasteiger partial charge in [-0.25, -0.2) is 0 Å². The second kappa shape index (κ2) is 2.42. The number of benzene rings is 1. The largest absolute Gasteiger partial charge is 0.361 e. The highest BCUT2D eigenvalue weighted by Gasteiger charge is 2.44. The summed E-state index contributed by atoms with van der Waals surface area (Å²) in [5.41, 5.74) is 2.53. The molecule has 1 nitrogen and oxygen atoms in total. The fourth-order valence-electron chi connectivity index (χ4n) is 2.08. The maximum atomic E-state index is 5.59. The molecule has 0 radical (unpaired) electrons. The number of hydrogen-bond donors (Lipinski definition) is 1. The van der Waals surface area contributed by atoms with Crippen molar-refractivity contribution in [2.75, 3.05) is 0 Å². The van der Waals surface area contributed by atoms with Crippen LogP contribution in [0.2, 0.25) is 0 Å². The summed E-state index contributed by atoms with van der Waals surface area (Å²) < 4.78 is 0. The lowest BCUT2D eigenvalue weighted by Crippen LogP contribution is -2.00. The van der Waals surface area contributed by atoms with Crippen molar-refractivity contribution in [2.45, 2.75) is 18.3 Å². The standard InChI is InChI=1S/C13H11N/c1-2-13(7-8-13)11-9-14-12-6-4-3-5-10(11)12/h1,3-6,9,14H,7-8H2. The van der Waals surface area contributed by atoms with Gasteiger partial charge in [0.1, 0.15) is 0 Å².